The molecule has 0 aromatic carbocycles. The average molecular weight is 984 g/mol. The second kappa shape index (κ2) is 58.4. The Bertz CT molecular complexity index is 1500. The first-order chi connectivity index (χ1) is 35.0. The summed E-state index contributed by atoms with van der Waals surface area (Å²) in [6, 6.07) is 0. The predicted octanol–water partition coefficient (Wildman–Crippen LogP) is 19.6. The fourth-order valence-corrected chi connectivity index (χ4v) is 7.58. The number of carbonyl (C=O) groups is 3. The van der Waals surface area contributed by atoms with Gasteiger partial charge in [0.25, 0.3) is 0 Å². The summed E-state index contributed by atoms with van der Waals surface area (Å²) in [6.07, 6.45) is 80.6. The standard InChI is InChI=1S/C65H106O6/c1-4-7-10-13-16-19-22-25-28-31-32-35-37-40-43-46-49-52-55-58-64(67)70-61-62(71-65(68)59-56-53-50-47-44-41-38-34-30-27-24-21-18-15-12-9-6-3)60-69-63(66)57-54-51-48-45-42-39-36-33-29-26-23-20-17-14-11-8-5-2/h9,12,17-18,20-21,25-30,36,38-39,41,45,47-48,50,62H,4-8,10-11,13-16,19,22-24,31-35,37,40,42-44,46,49,51-61H2,1-3H3/b12-9-,20-17-,21-18-,28-25-,29-26-,30-27-,39-36-,41-38-,48-45-,50-47-/t62-/m1/s1. The molecule has 0 aliphatic carbocycles. The molecule has 0 radical (unpaired) electrons. The zero-order chi connectivity index (χ0) is 51.4. The summed E-state index contributed by atoms with van der Waals surface area (Å²) < 4.78 is 16.8. The first kappa shape index (κ1) is 66.8. The van der Waals surface area contributed by atoms with Crippen LogP contribution in [0.4, 0.5) is 0 Å². The molecule has 0 fully saturated rings. The van der Waals surface area contributed by atoms with Crippen LogP contribution in [0, 0.1) is 0 Å². The van der Waals surface area contributed by atoms with E-state index in [1.807, 2.05) is 0 Å². The fourth-order valence-electron chi connectivity index (χ4n) is 7.58. The van der Waals surface area contributed by atoms with Crippen molar-refractivity contribution in [1.82, 2.24) is 0 Å². The molecule has 71 heavy (non-hydrogen) atoms. The van der Waals surface area contributed by atoms with Crippen LogP contribution in [0.2, 0.25) is 0 Å². The van der Waals surface area contributed by atoms with E-state index >= 15 is 0 Å². The molecule has 0 amide bonds. The van der Waals surface area contributed by atoms with Crippen molar-refractivity contribution in [2.45, 2.75) is 258 Å². The fraction of sp³-hybridized carbons (Fsp3) is 0.646. The molecule has 0 aliphatic rings. The van der Waals surface area contributed by atoms with Crippen LogP contribution in [0.5, 0.6) is 0 Å². The van der Waals surface area contributed by atoms with Crippen molar-refractivity contribution in [2.24, 2.45) is 0 Å². The number of carbonyl (C=O) groups excluding carboxylic acids is 3. The summed E-state index contributed by atoms with van der Waals surface area (Å²) in [6.45, 7) is 6.40. The maximum atomic E-state index is 12.8. The van der Waals surface area contributed by atoms with E-state index in [0.29, 0.717) is 19.3 Å². The number of ether oxygens (including phenoxy) is 3. The zero-order valence-electron chi connectivity index (χ0n) is 45.9. The minimum absolute atomic E-state index is 0.121. The summed E-state index contributed by atoms with van der Waals surface area (Å²) in [5, 5.41) is 0. The van der Waals surface area contributed by atoms with Gasteiger partial charge in [-0.25, -0.2) is 0 Å². The largest absolute Gasteiger partial charge is 0.462 e. The second-order valence-electron chi connectivity index (χ2n) is 18.8. The van der Waals surface area contributed by atoms with Gasteiger partial charge in [0.1, 0.15) is 13.2 Å². The van der Waals surface area contributed by atoms with Crippen molar-refractivity contribution in [1.29, 1.82) is 0 Å². The zero-order valence-corrected chi connectivity index (χ0v) is 45.9. The maximum absolute atomic E-state index is 12.8. The Balaban J connectivity index is 4.55. The van der Waals surface area contributed by atoms with E-state index in [4.69, 9.17) is 14.2 Å². The Morgan fingerprint density at radius 2 is 0.563 bits per heavy atom. The Hall–Kier alpha value is -4.19. The summed E-state index contributed by atoms with van der Waals surface area (Å²) in [7, 11) is 0. The summed E-state index contributed by atoms with van der Waals surface area (Å²) in [5.41, 5.74) is 0. The van der Waals surface area contributed by atoms with Crippen LogP contribution in [0.1, 0.15) is 252 Å². The van der Waals surface area contributed by atoms with Crippen LogP contribution in [0.3, 0.4) is 0 Å². The van der Waals surface area contributed by atoms with Crippen LogP contribution < -0.4 is 0 Å². The number of allylic oxidation sites excluding steroid dienone is 20. The van der Waals surface area contributed by atoms with Crippen molar-refractivity contribution in [3.05, 3.63) is 122 Å². The highest BCUT2D eigenvalue weighted by Gasteiger charge is 2.19. The average Bonchev–Trinajstić information content (AvgIpc) is 3.37. The van der Waals surface area contributed by atoms with E-state index in [0.717, 1.165) is 83.5 Å². The normalized spacial score (nSPS) is 13.0. The summed E-state index contributed by atoms with van der Waals surface area (Å²) in [5.74, 6) is -1.04. The third-order valence-electron chi connectivity index (χ3n) is 11.9. The SMILES string of the molecule is CC/C=C\C/C=C\C/C=C\C/C=C\C/C=C\CCCC(=O)O[C@H](COC(=O)CCC/C=C\C/C=C\C/C=C\C/C=C\CCCCC)COC(=O)CCCCCCCCCCC/C=C\CCCCCCCC. The van der Waals surface area contributed by atoms with Gasteiger partial charge in [-0.05, 0) is 122 Å². The van der Waals surface area contributed by atoms with Crippen LogP contribution in [-0.2, 0) is 28.6 Å². The van der Waals surface area contributed by atoms with E-state index in [2.05, 4.69) is 142 Å². The molecule has 0 aromatic heterocycles. The lowest BCUT2D eigenvalue weighted by Gasteiger charge is -2.18. The van der Waals surface area contributed by atoms with Gasteiger partial charge in [0, 0.05) is 19.3 Å². The molecule has 0 saturated heterocycles. The van der Waals surface area contributed by atoms with Crippen molar-refractivity contribution in [3.8, 4) is 0 Å². The van der Waals surface area contributed by atoms with Gasteiger partial charge in [-0.2, -0.15) is 0 Å². The molecule has 0 aromatic rings. The van der Waals surface area contributed by atoms with Crippen molar-refractivity contribution in [3.63, 3.8) is 0 Å². The van der Waals surface area contributed by atoms with Gasteiger partial charge >= 0.3 is 17.9 Å². The first-order valence-corrected chi connectivity index (χ1v) is 29.0. The molecule has 0 aliphatic heterocycles. The van der Waals surface area contributed by atoms with Crippen LogP contribution in [0.25, 0.3) is 0 Å². The van der Waals surface area contributed by atoms with Gasteiger partial charge in [0.05, 0.1) is 0 Å². The van der Waals surface area contributed by atoms with E-state index in [-0.39, 0.29) is 44.0 Å². The molecule has 0 N–H and O–H groups in total. The number of esters is 3. The predicted molar refractivity (Wildman–Crippen MR) is 306 cm³/mol. The Morgan fingerprint density at radius 1 is 0.296 bits per heavy atom. The monoisotopic (exact) mass is 983 g/mol. The molecule has 0 heterocycles. The molecule has 6 heteroatoms. The Labute approximate surface area is 437 Å². The second-order valence-corrected chi connectivity index (χ2v) is 18.8. The lowest BCUT2D eigenvalue weighted by Crippen LogP contribution is -2.30. The van der Waals surface area contributed by atoms with Gasteiger partial charge in [0.2, 0.25) is 0 Å². The minimum Gasteiger partial charge on any atom is -0.462 e. The molecule has 0 bridgehead atoms. The van der Waals surface area contributed by atoms with Crippen molar-refractivity contribution < 1.29 is 28.6 Å². The summed E-state index contributed by atoms with van der Waals surface area (Å²) in [4.78, 5) is 38.1. The smallest absolute Gasteiger partial charge is 0.306 e. The van der Waals surface area contributed by atoms with Gasteiger partial charge in [-0.1, -0.05) is 232 Å². The number of hydrogen-bond acceptors (Lipinski definition) is 6. The van der Waals surface area contributed by atoms with Gasteiger partial charge in [-0.15, -0.1) is 0 Å². The lowest BCUT2D eigenvalue weighted by molar-refractivity contribution is -0.167. The van der Waals surface area contributed by atoms with Crippen LogP contribution in [0.15, 0.2) is 122 Å². The number of unbranched alkanes of at least 4 members (excludes halogenated alkanes) is 20. The first-order valence-electron chi connectivity index (χ1n) is 29.0. The highest BCUT2D eigenvalue weighted by Crippen LogP contribution is 2.14. The number of hydrogen-bond donors (Lipinski definition) is 0. The topological polar surface area (TPSA) is 78.9 Å². The molecule has 1 atom stereocenters. The molecule has 0 unspecified atom stereocenters. The Kier molecular flexibility index (Phi) is 54.9. The number of rotatable bonds is 51. The van der Waals surface area contributed by atoms with E-state index in [1.54, 1.807) is 0 Å². The third-order valence-corrected chi connectivity index (χ3v) is 11.9. The molecular weight excluding hydrogens is 877 g/mol. The van der Waals surface area contributed by atoms with E-state index < -0.39 is 6.10 Å². The van der Waals surface area contributed by atoms with E-state index in [9.17, 15) is 14.4 Å². The highest BCUT2D eigenvalue weighted by atomic mass is 16.6. The summed E-state index contributed by atoms with van der Waals surface area (Å²) >= 11 is 0. The molecule has 0 spiro atoms. The molecule has 0 saturated carbocycles. The van der Waals surface area contributed by atoms with Crippen LogP contribution >= 0.6 is 0 Å². The van der Waals surface area contributed by atoms with Crippen molar-refractivity contribution in [2.75, 3.05) is 13.2 Å². The minimum atomic E-state index is -0.834. The molecule has 0 rings (SSSR count). The third kappa shape index (κ3) is 56.6. The van der Waals surface area contributed by atoms with Gasteiger partial charge in [-0.3, -0.25) is 14.4 Å². The maximum Gasteiger partial charge on any atom is 0.306 e. The lowest BCUT2D eigenvalue weighted by atomic mass is 10.1. The quantitative estimate of drug-likeness (QED) is 0.0261. The Morgan fingerprint density at radius 3 is 0.958 bits per heavy atom. The van der Waals surface area contributed by atoms with Crippen molar-refractivity contribution >= 4 is 17.9 Å². The molecule has 6 nitrogen and oxygen atoms in total. The van der Waals surface area contributed by atoms with Gasteiger partial charge in [0.15, 0.2) is 6.10 Å². The molecule has 402 valence electrons. The highest BCUT2D eigenvalue weighted by molar-refractivity contribution is 5.71. The van der Waals surface area contributed by atoms with Gasteiger partial charge < -0.3 is 14.2 Å². The molecular formula is C65H106O6. The van der Waals surface area contributed by atoms with Crippen LogP contribution in [-0.4, -0.2) is 37.2 Å². The van der Waals surface area contributed by atoms with E-state index in [1.165, 1.54) is 116 Å².